The Morgan fingerprint density at radius 1 is 1.10 bits per heavy atom. The van der Waals surface area contributed by atoms with Crippen LogP contribution in [0.3, 0.4) is 0 Å². The summed E-state index contributed by atoms with van der Waals surface area (Å²) in [6.45, 7) is 2.93. The lowest BCUT2D eigenvalue weighted by Crippen LogP contribution is -2.49. The number of methoxy groups -OCH3 is 2. The van der Waals surface area contributed by atoms with Crippen LogP contribution in [0.15, 0.2) is 53.8 Å². The van der Waals surface area contributed by atoms with Gasteiger partial charge in [-0.15, -0.1) is 0 Å². The van der Waals surface area contributed by atoms with Gasteiger partial charge >= 0.3 is 0 Å². The van der Waals surface area contributed by atoms with Gasteiger partial charge in [-0.1, -0.05) is 0 Å². The number of rotatable bonds is 4. The van der Waals surface area contributed by atoms with Crippen LogP contribution in [-0.4, -0.2) is 68.3 Å². The zero-order chi connectivity index (χ0) is 20.2. The molecule has 0 N–H and O–H groups in total. The number of guanidine groups is 1. The van der Waals surface area contributed by atoms with E-state index in [1.165, 1.54) is 0 Å². The minimum Gasteiger partial charge on any atom is -0.497 e. The molecule has 1 unspecified atom stereocenters. The van der Waals surface area contributed by atoms with E-state index in [2.05, 4.69) is 27.9 Å². The lowest BCUT2D eigenvalue weighted by molar-refractivity contribution is -0.0112. The van der Waals surface area contributed by atoms with Gasteiger partial charge in [0.1, 0.15) is 17.6 Å². The summed E-state index contributed by atoms with van der Waals surface area (Å²) >= 11 is 0. The van der Waals surface area contributed by atoms with Crippen LogP contribution in [-0.2, 0) is 4.74 Å². The fraction of sp³-hybridized carbons (Fsp3) is 0.364. The number of hydrogen-bond acceptors (Lipinski definition) is 7. The maximum absolute atomic E-state index is 6.09. The number of hydrogen-bond donors (Lipinski definition) is 0. The van der Waals surface area contributed by atoms with Crippen molar-refractivity contribution < 1.29 is 14.2 Å². The molecule has 1 saturated heterocycles. The van der Waals surface area contributed by atoms with Crippen LogP contribution >= 0.6 is 0 Å². The van der Waals surface area contributed by atoms with E-state index in [-0.39, 0.29) is 6.10 Å². The summed E-state index contributed by atoms with van der Waals surface area (Å²) in [5.41, 5.74) is 3.07. The highest BCUT2D eigenvalue weighted by molar-refractivity contribution is 5.88. The fourth-order valence-corrected chi connectivity index (χ4v) is 3.66. The van der Waals surface area contributed by atoms with Crippen LogP contribution in [0.4, 0.5) is 0 Å². The molecule has 0 saturated carbocycles. The number of benzene rings is 1. The molecule has 1 aromatic carbocycles. The Kier molecular flexibility index (Phi) is 5.67. The van der Waals surface area contributed by atoms with Crippen LogP contribution in [0, 0.1) is 0 Å². The molecule has 0 amide bonds. The minimum absolute atomic E-state index is 0.101. The summed E-state index contributed by atoms with van der Waals surface area (Å²) in [6.07, 6.45) is 5.63. The maximum atomic E-state index is 6.09. The molecule has 152 valence electrons. The largest absolute Gasteiger partial charge is 0.497 e. The van der Waals surface area contributed by atoms with Gasteiger partial charge in [-0.25, -0.2) is 4.99 Å². The standard InChI is InChI=1S/C22H26N4O3/c1-25-11-8-19(16-6-9-23-10-7-16)24-22(25)26-12-13-29-21(15-26)18-5-4-17(27-2)14-20(18)28-3/h4-10,14,21H,11-13,15H2,1-3H3. The number of ether oxygens (including phenoxy) is 3. The number of nitrogens with zero attached hydrogens (tertiary/aromatic N) is 4. The second-order valence-electron chi connectivity index (χ2n) is 7.03. The maximum Gasteiger partial charge on any atom is 0.202 e. The highest BCUT2D eigenvalue weighted by atomic mass is 16.5. The fourth-order valence-electron chi connectivity index (χ4n) is 3.66. The molecule has 7 nitrogen and oxygen atoms in total. The predicted molar refractivity (Wildman–Crippen MR) is 112 cm³/mol. The Morgan fingerprint density at radius 3 is 2.69 bits per heavy atom. The van der Waals surface area contributed by atoms with Gasteiger partial charge in [0.25, 0.3) is 0 Å². The molecule has 0 bridgehead atoms. The van der Waals surface area contributed by atoms with E-state index in [9.17, 15) is 0 Å². The molecule has 1 aromatic heterocycles. The molecule has 29 heavy (non-hydrogen) atoms. The normalized spacial score (nSPS) is 19.5. The highest BCUT2D eigenvalue weighted by Crippen LogP contribution is 2.33. The van der Waals surface area contributed by atoms with Crippen molar-refractivity contribution in [1.82, 2.24) is 14.8 Å². The molecule has 2 aromatic rings. The van der Waals surface area contributed by atoms with Gasteiger partial charge in [0, 0.05) is 49.7 Å². The van der Waals surface area contributed by atoms with Crippen LogP contribution in [0.25, 0.3) is 5.70 Å². The van der Waals surface area contributed by atoms with Crippen LogP contribution < -0.4 is 9.47 Å². The van der Waals surface area contributed by atoms with Gasteiger partial charge in [-0.2, -0.15) is 0 Å². The van der Waals surface area contributed by atoms with E-state index in [1.807, 2.05) is 30.3 Å². The number of morpholine rings is 1. The van der Waals surface area contributed by atoms with Gasteiger partial charge in [-0.05, 0) is 30.3 Å². The van der Waals surface area contributed by atoms with Crippen LogP contribution in [0.1, 0.15) is 17.2 Å². The summed E-state index contributed by atoms with van der Waals surface area (Å²) in [4.78, 5) is 13.5. The Bertz CT molecular complexity index is 914. The van der Waals surface area contributed by atoms with Crippen molar-refractivity contribution in [2.24, 2.45) is 4.99 Å². The van der Waals surface area contributed by atoms with E-state index in [0.717, 1.165) is 47.4 Å². The monoisotopic (exact) mass is 394 g/mol. The van der Waals surface area contributed by atoms with Gasteiger partial charge in [0.15, 0.2) is 0 Å². The zero-order valence-electron chi connectivity index (χ0n) is 17.0. The van der Waals surface area contributed by atoms with Crippen molar-refractivity contribution in [3.05, 3.63) is 59.9 Å². The first kappa shape index (κ1) is 19.3. The van der Waals surface area contributed by atoms with E-state index in [1.54, 1.807) is 26.6 Å². The molecule has 2 aliphatic heterocycles. The Labute approximate surface area is 171 Å². The third-order valence-electron chi connectivity index (χ3n) is 5.23. The Morgan fingerprint density at radius 2 is 1.93 bits per heavy atom. The molecule has 7 heteroatoms. The average Bonchev–Trinajstić information content (AvgIpc) is 2.79. The molecule has 2 aliphatic rings. The highest BCUT2D eigenvalue weighted by Gasteiger charge is 2.29. The van der Waals surface area contributed by atoms with Crippen molar-refractivity contribution in [3.63, 3.8) is 0 Å². The topological polar surface area (TPSA) is 59.4 Å². The lowest BCUT2D eigenvalue weighted by Gasteiger charge is -2.39. The van der Waals surface area contributed by atoms with Crippen LogP contribution in [0.2, 0.25) is 0 Å². The van der Waals surface area contributed by atoms with Crippen molar-refractivity contribution in [1.29, 1.82) is 0 Å². The molecule has 0 spiro atoms. The molecule has 0 radical (unpaired) electrons. The minimum atomic E-state index is -0.101. The molecule has 1 atom stereocenters. The summed E-state index contributed by atoms with van der Waals surface area (Å²) in [7, 11) is 5.39. The summed E-state index contributed by atoms with van der Waals surface area (Å²) in [6, 6.07) is 9.83. The second kappa shape index (κ2) is 8.53. The van der Waals surface area contributed by atoms with Crippen molar-refractivity contribution in [2.45, 2.75) is 6.10 Å². The number of pyridine rings is 1. The van der Waals surface area contributed by atoms with Crippen LogP contribution in [0.5, 0.6) is 11.5 Å². The van der Waals surface area contributed by atoms with Crippen molar-refractivity contribution in [3.8, 4) is 11.5 Å². The first-order chi connectivity index (χ1) is 14.2. The van der Waals surface area contributed by atoms with Gasteiger partial charge in [0.2, 0.25) is 5.96 Å². The van der Waals surface area contributed by atoms with E-state index >= 15 is 0 Å². The molecule has 3 heterocycles. The third kappa shape index (κ3) is 4.05. The van der Waals surface area contributed by atoms with Crippen molar-refractivity contribution in [2.75, 3.05) is 47.5 Å². The zero-order valence-corrected chi connectivity index (χ0v) is 17.0. The number of aromatic nitrogens is 1. The molecular formula is C22H26N4O3. The Hall–Kier alpha value is -3.06. The quantitative estimate of drug-likeness (QED) is 0.795. The molecule has 4 rings (SSSR count). The average molecular weight is 394 g/mol. The van der Waals surface area contributed by atoms with E-state index in [4.69, 9.17) is 19.2 Å². The van der Waals surface area contributed by atoms with Gasteiger partial charge in [0.05, 0.1) is 33.1 Å². The molecule has 0 aliphatic carbocycles. The van der Waals surface area contributed by atoms with Gasteiger partial charge in [-0.3, -0.25) is 4.98 Å². The summed E-state index contributed by atoms with van der Waals surface area (Å²) in [5.74, 6) is 2.49. The second-order valence-corrected chi connectivity index (χ2v) is 7.03. The smallest absolute Gasteiger partial charge is 0.202 e. The summed E-state index contributed by atoms with van der Waals surface area (Å²) < 4.78 is 17.0. The first-order valence-corrected chi connectivity index (χ1v) is 9.68. The van der Waals surface area contributed by atoms with Crippen molar-refractivity contribution >= 4 is 11.7 Å². The van der Waals surface area contributed by atoms with Gasteiger partial charge < -0.3 is 24.0 Å². The predicted octanol–water partition coefficient (Wildman–Crippen LogP) is 2.81. The Balaban J connectivity index is 1.58. The first-order valence-electron chi connectivity index (χ1n) is 9.68. The lowest BCUT2D eigenvalue weighted by atomic mass is 10.1. The van der Waals surface area contributed by atoms with E-state index < -0.39 is 0 Å². The number of likely N-dealkylation sites (N-methyl/N-ethyl adjacent to an activating group) is 1. The third-order valence-corrected chi connectivity index (χ3v) is 5.23. The molecular weight excluding hydrogens is 368 g/mol. The molecule has 1 fully saturated rings. The number of aliphatic imine (C=N–C) groups is 1. The SMILES string of the molecule is COc1ccc(C2CN(C3=NC(c4ccncc4)=CCN3C)CCO2)c(OC)c1. The summed E-state index contributed by atoms with van der Waals surface area (Å²) in [5, 5.41) is 0. The van der Waals surface area contributed by atoms with E-state index in [0.29, 0.717) is 13.2 Å².